The lowest BCUT2D eigenvalue weighted by atomic mass is 9.81. The minimum atomic E-state index is -0.389. The van der Waals surface area contributed by atoms with E-state index in [-0.39, 0.29) is 23.5 Å². The van der Waals surface area contributed by atoms with Gasteiger partial charge < -0.3 is 4.90 Å². The van der Waals surface area contributed by atoms with Gasteiger partial charge in [0.2, 0.25) is 5.91 Å². The van der Waals surface area contributed by atoms with Crippen LogP contribution in [0.1, 0.15) is 39.0 Å². The fourth-order valence-electron chi connectivity index (χ4n) is 2.24. The molecular weight excluding hydrogens is 190 g/mol. The highest BCUT2D eigenvalue weighted by atomic mass is 16.2. The molecule has 0 aromatic heterocycles. The summed E-state index contributed by atoms with van der Waals surface area (Å²) in [5.74, 6) is -0.0664. The number of nitrogens with zero attached hydrogens (tertiary/aromatic N) is 1. The second-order valence-electron chi connectivity index (χ2n) is 4.75. The second-order valence-corrected chi connectivity index (χ2v) is 4.75. The molecule has 0 saturated heterocycles. The van der Waals surface area contributed by atoms with Crippen molar-refractivity contribution in [1.82, 2.24) is 4.90 Å². The summed E-state index contributed by atoms with van der Waals surface area (Å²) in [6.45, 7) is 2.02. The van der Waals surface area contributed by atoms with Crippen molar-refractivity contribution in [3.05, 3.63) is 0 Å². The Balaban J connectivity index is 2.78. The van der Waals surface area contributed by atoms with E-state index in [1.165, 1.54) is 0 Å². The molecule has 0 N–H and O–H groups in total. The molecule has 86 valence electrons. The number of amides is 1. The zero-order chi connectivity index (χ0) is 11.4. The van der Waals surface area contributed by atoms with Crippen molar-refractivity contribution in [2.24, 2.45) is 11.8 Å². The summed E-state index contributed by atoms with van der Waals surface area (Å²) in [5, 5.41) is 0. The molecule has 0 spiro atoms. The van der Waals surface area contributed by atoms with Crippen LogP contribution in [0.25, 0.3) is 0 Å². The third-order valence-electron chi connectivity index (χ3n) is 3.21. The largest absolute Gasteiger partial charge is 0.348 e. The predicted molar refractivity (Wildman–Crippen MR) is 59.4 cm³/mol. The molecule has 1 rings (SSSR count). The molecule has 0 heterocycles. The molecule has 1 aliphatic rings. The number of hydrogen-bond acceptors (Lipinski definition) is 2. The van der Waals surface area contributed by atoms with Crippen LogP contribution in [-0.2, 0) is 9.59 Å². The fourth-order valence-corrected chi connectivity index (χ4v) is 2.24. The van der Waals surface area contributed by atoms with Gasteiger partial charge in [0.1, 0.15) is 5.78 Å². The Morgan fingerprint density at radius 3 is 2.53 bits per heavy atom. The van der Waals surface area contributed by atoms with E-state index in [0.717, 1.165) is 25.7 Å². The summed E-state index contributed by atoms with van der Waals surface area (Å²) in [5.41, 5.74) is 0. The van der Waals surface area contributed by atoms with Gasteiger partial charge in [-0.3, -0.25) is 9.59 Å². The van der Waals surface area contributed by atoms with Crippen molar-refractivity contribution in [1.29, 1.82) is 0 Å². The highest BCUT2D eigenvalue weighted by Gasteiger charge is 2.33. The van der Waals surface area contributed by atoms with E-state index in [0.29, 0.717) is 6.42 Å². The van der Waals surface area contributed by atoms with Crippen LogP contribution in [-0.4, -0.2) is 30.7 Å². The maximum absolute atomic E-state index is 11.9. The van der Waals surface area contributed by atoms with Crippen molar-refractivity contribution < 1.29 is 9.59 Å². The summed E-state index contributed by atoms with van der Waals surface area (Å²) in [4.78, 5) is 25.3. The maximum Gasteiger partial charge on any atom is 0.232 e. The molecule has 1 aliphatic carbocycles. The van der Waals surface area contributed by atoms with Crippen LogP contribution in [0, 0.1) is 11.8 Å². The van der Waals surface area contributed by atoms with E-state index in [1.807, 2.05) is 6.92 Å². The highest BCUT2D eigenvalue weighted by molar-refractivity contribution is 6.01. The molecular formula is C12H21NO2. The Hall–Kier alpha value is -0.860. The second kappa shape index (κ2) is 5.29. The number of carbonyl (C=O) groups is 2. The zero-order valence-electron chi connectivity index (χ0n) is 9.95. The van der Waals surface area contributed by atoms with E-state index < -0.39 is 0 Å². The Kier molecular flexibility index (Phi) is 4.30. The summed E-state index contributed by atoms with van der Waals surface area (Å²) < 4.78 is 0. The first-order chi connectivity index (χ1) is 7.04. The molecule has 1 saturated carbocycles. The number of rotatable bonds is 1. The summed E-state index contributed by atoms with van der Waals surface area (Å²) >= 11 is 0. The Morgan fingerprint density at radius 2 is 1.93 bits per heavy atom. The molecule has 1 fully saturated rings. The maximum atomic E-state index is 11.9. The SMILES string of the molecule is C[C@H]1CCCCCC(=O)[C@@H]1C(=O)N(C)C. The fraction of sp³-hybridized carbons (Fsp3) is 0.833. The first kappa shape index (κ1) is 12.2. The van der Waals surface area contributed by atoms with Crippen LogP contribution in [0.3, 0.4) is 0 Å². The van der Waals surface area contributed by atoms with Crippen LogP contribution >= 0.6 is 0 Å². The molecule has 0 aliphatic heterocycles. The van der Waals surface area contributed by atoms with Crippen molar-refractivity contribution >= 4 is 11.7 Å². The monoisotopic (exact) mass is 211 g/mol. The van der Waals surface area contributed by atoms with E-state index >= 15 is 0 Å². The predicted octanol–water partition coefficient (Wildman–Crippen LogP) is 1.86. The molecule has 2 atom stereocenters. The molecule has 0 radical (unpaired) electrons. The van der Waals surface area contributed by atoms with Gasteiger partial charge in [0, 0.05) is 20.5 Å². The van der Waals surface area contributed by atoms with Gasteiger partial charge in [-0.15, -0.1) is 0 Å². The van der Waals surface area contributed by atoms with E-state index in [1.54, 1.807) is 19.0 Å². The summed E-state index contributed by atoms with van der Waals surface area (Å²) in [6, 6.07) is 0. The number of carbonyl (C=O) groups excluding carboxylic acids is 2. The van der Waals surface area contributed by atoms with Crippen LogP contribution in [0.15, 0.2) is 0 Å². The molecule has 0 aromatic carbocycles. The summed E-state index contributed by atoms with van der Waals surface area (Å²) in [7, 11) is 3.45. The van der Waals surface area contributed by atoms with Crippen molar-refractivity contribution in [3.63, 3.8) is 0 Å². The van der Waals surface area contributed by atoms with Crippen LogP contribution in [0.5, 0.6) is 0 Å². The molecule has 0 aromatic rings. The minimum absolute atomic E-state index is 0.0191. The van der Waals surface area contributed by atoms with Gasteiger partial charge >= 0.3 is 0 Å². The third kappa shape index (κ3) is 3.05. The van der Waals surface area contributed by atoms with Crippen molar-refractivity contribution in [3.8, 4) is 0 Å². The van der Waals surface area contributed by atoms with Crippen LogP contribution in [0.4, 0.5) is 0 Å². The quantitative estimate of drug-likeness (QED) is 0.621. The minimum Gasteiger partial charge on any atom is -0.348 e. The Bertz CT molecular complexity index is 248. The lowest BCUT2D eigenvalue weighted by Gasteiger charge is -2.26. The summed E-state index contributed by atoms with van der Waals surface area (Å²) in [6.07, 6.45) is 4.79. The van der Waals surface area contributed by atoms with Gasteiger partial charge in [-0.25, -0.2) is 0 Å². The van der Waals surface area contributed by atoms with Gasteiger partial charge in [-0.1, -0.05) is 19.8 Å². The first-order valence-electron chi connectivity index (χ1n) is 5.78. The van der Waals surface area contributed by atoms with Crippen molar-refractivity contribution in [2.75, 3.05) is 14.1 Å². The number of ketones is 1. The lowest BCUT2D eigenvalue weighted by Crippen LogP contribution is -2.39. The van der Waals surface area contributed by atoms with Gasteiger partial charge in [0.15, 0.2) is 0 Å². The smallest absolute Gasteiger partial charge is 0.232 e. The molecule has 3 heteroatoms. The van der Waals surface area contributed by atoms with Crippen LogP contribution in [0.2, 0.25) is 0 Å². The van der Waals surface area contributed by atoms with Gasteiger partial charge in [0.25, 0.3) is 0 Å². The molecule has 0 bridgehead atoms. The Morgan fingerprint density at radius 1 is 1.27 bits per heavy atom. The molecule has 3 nitrogen and oxygen atoms in total. The van der Waals surface area contributed by atoms with E-state index in [4.69, 9.17) is 0 Å². The first-order valence-corrected chi connectivity index (χ1v) is 5.78. The van der Waals surface area contributed by atoms with Crippen LogP contribution < -0.4 is 0 Å². The zero-order valence-corrected chi connectivity index (χ0v) is 9.95. The molecule has 1 amide bonds. The van der Waals surface area contributed by atoms with Gasteiger partial charge in [-0.2, -0.15) is 0 Å². The third-order valence-corrected chi connectivity index (χ3v) is 3.21. The van der Waals surface area contributed by atoms with Gasteiger partial charge in [0.05, 0.1) is 5.92 Å². The number of Topliss-reactive ketones (excluding diaryl/α,β-unsaturated/α-hetero) is 1. The van der Waals surface area contributed by atoms with Gasteiger partial charge in [-0.05, 0) is 18.8 Å². The topological polar surface area (TPSA) is 37.4 Å². The van der Waals surface area contributed by atoms with E-state index in [2.05, 4.69) is 0 Å². The molecule has 15 heavy (non-hydrogen) atoms. The lowest BCUT2D eigenvalue weighted by molar-refractivity contribution is -0.142. The highest BCUT2D eigenvalue weighted by Crippen LogP contribution is 2.26. The van der Waals surface area contributed by atoms with Crippen molar-refractivity contribution in [2.45, 2.75) is 39.0 Å². The average molecular weight is 211 g/mol. The average Bonchev–Trinajstić information content (AvgIpc) is 2.14. The number of hydrogen-bond donors (Lipinski definition) is 0. The Labute approximate surface area is 91.8 Å². The molecule has 0 unspecified atom stereocenters. The van der Waals surface area contributed by atoms with E-state index in [9.17, 15) is 9.59 Å². The normalized spacial score (nSPS) is 28.1. The standard InChI is InChI=1S/C12H21NO2/c1-9-7-5-4-6-8-10(14)11(9)12(15)13(2)3/h9,11H,4-8H2,1-3H3/t9-,11+/m0/s1.